The van der Waals surface area contributed by atoms with E-state index in [0.717, 1.165) is 5.56 Å². The Morgan fingerprint density at radius 1 is 1.19 bits per heavy atom. The minimum Gasteiger partial charge on any atom is -0.481 e. The topological polar surface area (TPSA) is 57.6 Å². The van der Waals surface area contributed by atoms with Gasteiger partial charge in [0.25, 0.3) is 5.91 Å². The third-order valence-corrected chi connectivity index (χ3v) is 4.01. The number of carboxylic acids is 1. The van der Waals surface area contributed by atoms with Gasteiger partial charge in [-0.05, 0) is 17.0 Å². The first-order valence-electron chi connectivity index (χ1n) is 6.67. The summed E-state index contributed by atoms with van der Waals surface area (Å²) in [5.41, 5.74) is 0.986. The first kappa shape index (κ1) is 15.3. The molecule has 0 saturated heterocycles. The summed E-state index contributed by atoms with van der Waals surface area (Å²) in [6.45, 7) is 2.22. The molecule has 110 valence electrons. The molecule has 1 N–H and O–H groups in total. The predicted octanol–water partition coefficient (Wildman–Crippen LogP) is 3.11. The molecule has 1 aromatic heterocycles. The third-order valence-electron chi connectivity index (χ3n) is 3.15. The summed E-state index contributed by atoms with van der Waals surface area (Å²) in [4.78, 5) is 25.8. The van der Waals surface area contributed by atoms with Crippen molar-refractivity contribution in [1.82, 2.24) is 4.90 Å². The van der Waals surface area contributed by atoms with Gasteiger partial charge in [-0.25, -0.2) is 0 Å². The SMILES string of the molecule is CC(CN(Cc1ccccc1)C(=O)c1cccs1)C(=O)O. The minimum absolute atomic E-state index is 0.123. The highest BCUT2D eigenvalue weighted by Gasteiger charge is 2.22. The van der Waals surface area contributed by atoms with E-state index in [2.05, 4.69) is 0 Å². The van der Waals surface area contributed by atoms with Crippen molar-refractivity contribution >= 4 is 23.2 Å². The fourth-order valence-electron chi connectivity index (χ4n) is 1.99. The first-order valence-corrected chi connectivity index (χ1v) is 7.55. The van der Waals surface area contributed by atoms with Crippen LogP contribution in [0.1, 0.15) is 22.2 Å². The number of amides is 1. The van der Waals surface area contributed by atoms with E-state index in [9.17, 15) is 9.59 Å². The van der Waals surface area contributed by atoms with Gasteiger partial charge in [0.05, 0.1) is 10.8 Å². The van der Waals surface area contributed by atoms with Crippen LogP contribution in [0.3, 0.4) is 0 Å². The lowest BCUT2D eigenvalue weighted by molar-refractivity contribution is -0.141. The molecule has 2 aromatic rings. The maximum Gasteiger partial charge on any atom is 0.308 e. The zero-order valence-electron chi connectivity index (χ0n) is 11.7. The molecule has 0 fully saturated rings. The summed E-state index contributed by atoms with van der Waals surface area (Å²) in [5.74, 6) is -1.62. The van der Waals surface area contributed by atoms with Crippen molar-refractivity contribution in [3.05, 3.63) is 58.3 Å². The largest absolute Gasteiger partial charge is 0.481 e. The number of carbonyl (C=O) groups is 2. The van der Waals surface area contributed by atoms with Crippen LogP contribution in [0.15, 0.2) is 47.8 Å². The Morgan fingerprint density at radius 3 is 2.48 bits per heavy atom. The molecule has 0 radical (unpaired) electrons. The van der Waals surface area contributed by atoms with Gasteiger partial charge < -0.3 is 10.0 Å². The van der Waals surface area contributed by atoms with E-state index in [-0.39, 0.29) is 12.5 Å². The number of hydrogen-bond donors (Lipinski definition) is 1. The molecular formula is C16H17NO3S. The Balaban J connectivity index is 2.17. The molecule has 1 aromatic carbocycles. The standard InChI is InChI=1S/C16H17NO3S/c1-12(16(19)20)10-17(11-13-6-3-2-4-7-13)15(18)14-8-5-9-21-14/h2-9,12H,10-11H2,1H3,(H,19,20). The Hall–Kier alpha value is -2.14. The fraction of sp³-hybridized carbons (Fsp3) is 0.250. The highest BCUT2D eigenvalue weighted by Crippen LogP contribution is 2.16. The van der Waals surface area contributed by atoms with E-state index in [0.29, 0.717) is 11.4 Å². The summed E-state index contributed by atoms with van der Waals surface area (Å²) >= 11 is 1.37. The fourth-order valence-corrected chi connectivity index (χ4v) is 2.68. The minimum atomic E-state index is -0.896. The second kappa shape index (κ2) is 7.04. The summed E-state index contributed by atoms with van der Waals surface area (Å²) in [6.07, 6.45) is 0. The average Bonchev–Trinajstić information content (AvgIpc) is 3.01. The number of hydrogen-bond acceptors (Lipinski definition) is 3. The number of thiophene rings is 1. The summed E-state index contributed by atoms with van der Waals surface area (Å²) in [6, 6.07) is 13.2. The number of rotatable bonds is 6. The average molecular weight is 303 g/mol. The molecule has 1 heterocycles. The molecule has 0 saturated carbocycles. The van der Waals surface area contributed by atoms with Gasteiger partial charge in [0.2, 0.25) is 0 Å². The van der Waals surface area contributed by atoms with Crippen molar-refractivity contribution in [3.8, 4) is 0 Å². The Bertz CT molecular complexity index is 595. The molecule has 0 aliphatic rings. The number of benzene rings is 1. The Kier molecular flexibility index (Phi) is 5.11. The van der Waals surface area contributed by atoms with Gasteiger partial charge in [-0.1, -0.05) is 43.3 Å². The maximum absolute atomic E-state index is 12.5. The number of nitrogens with zero attached hydrogens (tertiary/aromatic N) is 1. The first-order chi connectivity index (χ1) is 10.1. The van der Waals surface area contributed by atoms with Gasteiger partial charge in [0, 0.05) is 13.1 Å². The summed E-state index contributed by atoms with van der Waals surface area (Å²) < 4.78 is 0. The molecule has 4 nitrogen and oxygen atoms in total. The maximum atomic E-state index is 12.5. The van der Waals surface area contributed by atoms with E-state index < -0.39 is 11.9 Å². The quantitative estimate of drug-likeness (QED) is 0.892. The van der Waals surface area contributed by atoms with Crippen LogP contribution in [0.2, 0.25) is 0 Å². The molecule has 1 amide bonds. The lowest BCUT2D eigenvalue weighted by Crippen LogP contribution is -2.36. The Labute approximate surface area is 127 Å². The second-order valence-electron chi connectivity index (χ2n) is 4.89. The highest BCUT2D eigenvalue weighted by molar-refractivity contribution is 7.12. The van der Waals surface area contributed by atoms with Gasteiger partial charge >= 0.3 is 5.97 Å². The smallest absolute Gasteiger partial charge is 0.308 e. The molecule has 1 atom stereocenters. The highest BCUT2D eigenvalue weighted by atomic mass is 32.1. The van der Waals surface area contributed by atoms with Crippen LogP contribution in [0.5, 0.6) is 0 Å². The van der Waals surface area contributed by atoms with Gasteiger partial charge in [0.15, 0.2) is 0 Å². The zero-order valence-corrected chi connectivity index (χ0v) is 12.5. The van der Waals surface area contributed by atoms with Crippen molar-refractivity contribution < 1.29 is 14.7 Å². The normalized spacial score (nSPS) is 11.9. The van der Waals surface area contributed by atoms with Crippen molar-refractivity contribution in [2.45, 2.75) is 13.5 Å². The van der Waals surface area contributed by atoms with Crippen LogP contribution in [0.4, 0.5) is 0 Å². The van der Waals surface area contributed by atoms with Crippen molar-refractivity contribution in [2.75, 3.05) is 6.54 Å². The van der Waals surface area contributed by atoms with Gasteiger partial charge in [-0.2, -0.15) is 0 Å². The predicted molar refractivity (Wildman–Crippen MR) is 82.3 cm³/mol. The number of aliphatic carboxylic acids is 1. The molecule has 21 heavy (non-hydrogen) atoms. The van der Waals surface area contributed by atoms with E-state index in [1.807, 2.05) is 41.8 Å². The number of carbonyl (C=O) groups excluding carboxylic acids is 1. The molecular weight excluding hydrogens is 286 g/mol. The lowest BCUT2D eigenvalue weighted by atomic mass is 10.1. The third kappa shape index (κ3) is 4.16. The molecule has 2 rings (SSSR count). The summed E-state index contributed by atoms with van der Waals surface area (Å²) in [5, 5.41) is 10.9. The van der Waals surface area contributed by atoms with E-state index in [1.54, 1.807) is 17.9 Å². The van der Waals surface area contributed by atoms with Crippen molar-refractivity contribution in [2.24, 2.45) is 5.92 Å². The van der Waals surface area contributed by atoms with Crippen LogP contribution < -0.4 is 0 Å². The summed E-state index contributed by atoms with van der Waals surface area (Å²) in [7, 11) is 0. The number of carboxylic acid groups (broad SMARTS) is 1. The second-order valence-corrected chi connectivity index (χ2v) is 5.84. The molecule has 0 spiro atoms. The molecule has 0 bridgehead atoms. The monoisotopic (exact) mass is 303 g/mol. The molecule has 0 aliphatic heterocycles. The van der Waals surface area contributed by atoms with Crippen molar-refractivity contribution in [1.29, 1.82) is 0 Å². The molecule has 0 aliphatic carbocycles. The molecule has 1 unspecified atom stereocenters. The molecule has 5 heteroatoms. The van der Waals surface area contributed by atoms with E-state index >= 15 is 0 Å². The van der Waals surface area contributed by atoms with Gasteiger partial charge in [0.1, 0.15) is 0 Å². The van der Waals surface area contributed by atoms with Crippen LogP contribution in [0.25, 0.3) is 0 Å². The van der Waals surface area contributed by atoms with Crippen molar-refractivity contribution in [3.63, 3.8) is 0 Å². The Morgan fingerprint density at radius 2 is 1.90 bits per heavy atom. The van der Waals surface area contributed by atoms with Gasteiger partial charge in [-0.3, -0.25) is 9.59 Å². The van der Waals surface area contributed by atoms with Crippen LogP contribution in [-0.4, -0.2) is 28.4 Å². The lowest BCUT2D eigenvalue weighted by Gasteiger charge is -2.24. The van der Waals surface area contributed by atoms with Crippen LogP contribution >= 0.6 is 11.3 Å². The van der Waals surface area contributed by atoms with Crippen LogP contribution in [0, 0.1) is 5.92 Å². The van der Waals surface area contributed by atoms with Crippen LogP contribution in [-0.2, 0) is 11.3 Å². The van der Waals surface area contributed by atoms with E-state index in [4.69, 9.17) is 5.11 Å². The van der Waals surface area contributed by atoms with E-state index in [1.165, 1.54) is 11.3 Å². The van der Waals surface area contributed by atoms with Gasteiger partial charge in [-0.15, -0.1) is 11.3 Å². The zero-order chi connectivity index (χ0) is 15.2.